The first kappa shape index (κ1) is 7.54. The summed E-state index contributed by atoms with van der Waals surface area (Å²) in [4.78, 5) is 0. The molecule has 0 aliphatic carbocycles. The Morgan fingerprint density at radius 3 is 3.08 bits per heavy atom. The molecule has 12 heavy (non-hydrogen) atoms. The Hall–Kier alpha value is -1.10. The van der Waals surface area contributed by atoms with E-state index in [-0.39, 0.29) is 6.01 Å². The van der Waals surface area contributed by atoms with Gasteiger partial charge in [-0.05, 0) is 25.4 Å². The number of rotatable bonds is 2. The Morgan fingerprint density at radius 2 is 2.50 bits per heavy atom. The van der Waals surface area contributed by atoms with E-state index in [0.29, 0.717) is 11.8 Å². The molecular weight excluding hydrogens is 156 g/mol. The number of aromatic nitrogens is 2. The molecule has 1 unspecified atom stereocenters. The fraction of sp³-hybridized carbons (Fsp3) is 0.714. The minimum atomic E-state index is 0.163. The molecule has 1 aromatic rings. The zero-order valence-corrected chi connectivity index (χ0v) is 6.79. The summed E-state index contributed by atoms with van der Waals surface area (Å²) in [7, 11) is 0. The molecule has 1 aliphatic rings. The van der Waals surface area contributed by atoms with Gasteiger partial charge in [0.05, 0.1) is 0 Å². The van der Waals surface area contributed by atoms with Gasteiger partial charge in [-0.1, -0.05) is 5.10 Å². The standard InChI is InChI=1S/C7H12N4O/c8-7-11-10-6(12-7)3-5-1-2-9-4-5/h5,9H,1-4H2,(H2,8,11). The number of anilines is 1. The van der Waals surface area contributed by atoms with Crippen LogP contribution in [0.2, 0.25) is 0 Å². The molecule has 1 saturated heterocycles. The number of hydrogen-bond acceptors (Lipinski definition) is 5. The number of nitrogens with one attached hydrogen (secondary N) is 1. The third-order valence-electron chi connectivity index (χ3n) is 2.11. The molecule has 1 fully saturated rings. The van der Waals surface area contributed by atoms with Gasteiger partial charge in [-0.3, -0.25) is 0 Å². The summed E-state index contributed by atoms with van der Waals surface area (Å²) in [5.74, 6) is 1.28. The van der Waals surface area contributed by atoms with E-state index >= 15 is 0 Å². The summed E-state index contributed by atoms with van der Waals surface area (Å²) in [5, 5.41) is 10.7. The van der Waals surface area contributed by atoms with Crippen LogP contribution in [0, 0.1) is 5.92 Å². The van der Waals surface area contributed by atoms with E-state index in [2.05, 4.69) is 15.5 Å². The molecule has 0 saturated carbocycles. The van der Waals surface area contributed by atoms with E-state index < -0.39 is 0 Å². The van der Waals surface area contributed by atoms with Crippen LogP contribution in [0.5, 0.6) is 0 Å². The van der Waals surface area contributed by atoms with Crippen LogP contribution in [-0.4, -0.2) is 23.3 Å². The molecule has 2 rings (SSSR count). The number of nitrogens with two attached hydrogens (primary N) is 1. The average Bonchev–Trinajstić information content (AvgIpc) is 2.63. The lowest BCUT2D eigenvalue weighted by molar-refractivity contribution is 0.452. The molecule has 0 bridgehead atoms. The quantitative estimate of drug-likeness (QED) is 0.639. The van der Waals surface area contributed by atoms with Crippen molar-refractivity contribution in [1.82, 2.24) is 15.5 Å². The van der Waals surface area contributed by atoms with Crippen LogP contribution in [0.1, 0.15) is 12.3 Å². The monoisotopic (exact) mass is 168 g/mol. The molecule has 2 heterocycles. The fourth-order valence-corrected chi connectivity index (χ4v) is 1.48. The number of nitrogens with zero attached hydrogens (tertiary/aromatic N) is 2. The summed E-state index contributed by atoms with van der Waals surface area (Å²) in [6.07, 6.45) is 2.03. The van der Waals surface area contributed by atoms with Crippen molar-refractivity contribution in [1.29, 1.82) is 0 Å². The van der Waals surface area contributed by atoms with Crippen molar-refractivity contribution in [2.75, 3.05) is 18.8 Å². The molecular formula is C7H12N4O. The van der Waals surface area contributed by atoms with Crippen molar-refractivity contribution >= 4 is 6.01 Å². The van der Waals surface area contributed by atoms with Gasteiger partial charge in [-0.15, -0.1) is 5.10 Å². The van der Waals surface area contributed by atoms with Crippen LogP contribution in [0.3, 0.4) is 0 Å². The van der Waals surface area contributed by atoms with Crippen molar-refractivity contribution in [3.8, 4) is 0 Å². The van der Waals surface area contributed by atoms with E-state index in [0.717, 1.165) is 19.5 Å². The first-order chi connectivity index (χ1) is 5.84. The predicted molar refractivity (Wildman–Crippen MR) is 43.4 cm³/mol. The van der Waals surface area contributed by atoms with Crippen molar-refractivity contribution in [3.63, 3.8) is 0 Å². The molecule has 1 aliphatic heterocycles. The topological polar surface area (TPSA) is 77.0 Å². The van der Waals surface area contributed by atoms with Crippen LogP contribution in [-0.2, 0) is 6.42 Å². The molecule has 5 heteroatoms. The maximum absolute atomic E-state index is 5.30. The number of nitrogen functional groups attached to an aromatic ring is 1. The van der Waals surface area contributed by atoms with Crippen molar-refractivity contribution in [3.05, 3.63) is 5.89 Å². The van der Waals surface area contributed by atoms with Gasteiger partial charge in [-0.2, -0.15) is 0 Å². The summed E-state index contributed by atoms with van der Waals surface area (Å²) in [6, 6.07) is 0.163. The highest BCUT2D eigenvalue weighted by Crippen LogP contribution is 2.14. The second-order valence-corrected chi connectivity index (χ2v) is 3.10. The summed E-state index contributed by atoms with van der Waals surface area (Å²) in [6.45, 7) is 2.14. The Balaban J connectivity index is 1.94. The molecule has 3 N–H and O–H groups in total. The number of hydrogen-bond donors (Lipinski definition) is 2. The van der Waals surface area contributed by atoms with E-state index in [1.165, 1.54) is 6.42 Å². The normalized spacial score (nSPS) is 23.2. The largest absolute Gasteiger partial charge is 0.408 e. The molecule has 0 spiro atoms. The molecule has 66 valence electrons. The zero-order valence-electron chi connectivity index (χ0n) is 6.79. The van der Waals surface area contributed by atoms with E-state index in [1.807, 2.05) is 0 Å². The highest BCUT2D eigenvalue weighted by Gasteiger charge is 2.17. The van der Waals surface area contributed by atoms with Crippen molar-refractivity contribution < 1.29 is 4.42 Å². The lowest BCUT2D eigenvalue weighted by Crippen LogP contribution is -2.10. The van der Waals surface area contributed by atoms with E-state index in [9.17, 15) is 0 Å². The first-order valence-corrected chi connectivity index (χ1v) is 4.13. The maximum Gasteiger partial charge on any atom is 0.312 e. The van der Waals surface area contributed by atoms with Gasteiger partial charge in [0.25, 0.3) is 0 Å². The molecule has 0 amide bonds. The third kappa shape index (κ3) is 1.55. The average molecular weight is 168 g/mol. The van der Waals surface area contributed by atoms with Gasteiger partial charge in [0.15, 0.2) is 0 Å². The minimum absolute atomic E-state index is 0.163. The summed E-state index contributed by atoms with van der Waals surface area (Å²) in [5.41, 5.74) is 5.30. The van der Waals surface area contributed by atoms with Gasteiger partial charge in [0.2, 0.25) is 5.89 Å². The van der Waals surface area contributed by atoms with Gasteiger partial charge in [0, 0.05) is 6.42 Å². The first-order valence-electron chi connectivity index (χ1n) is 4.13. The predicted octanol–water partition coefficient (Wildman–Crippen LogP) is -0.196. The maximum atomic E-state index is 5.30. The van der Waals surface area contributed by atoms with Gasteiger partial charge < -0.3 is 15.5 Å². The molecule has 5 nitrogen and oxygen atoms in total. The highest BCUT2D eigenvalue weighted by atomic mass is 16.4. The van der Waals surface area contributed by atoms with E-state index in [4.69, 9.17) is 10.2 Å². The lowest BCUT2D eigenvalue weighted by atomic mass is 10.1. The molecule has 1 atom stereocenters. The Morgan fingerprint density at radius 1 is 1.58 bits per heavy atom. The summed E-state index contributed by atoms with van der Waals surface area (Å²) >= 11 is 0. The third-order valence-corrected chi connectivity index (χ3v) is 2.11. The van der Waals surface area contributed by atoms with Crippen molar-refractivity contribution in [2.45, 2.75) is 12.8 Å². The SMILES string of the molecule is Nc1nnc(CC2CCNC2)o1. The van der Waals surface area contributed by atoms with Crippen LogP contribution in [0.4, 0.5) is 6.01 Å². The Kier molecular flexibility index (Phi) is 1.95. The van der Waals surface area contributed by atoms with Crippen LogP contribution >= 0.6 is 0 Å². The second-order valence-electron chi connectivity index (χ2n) is 3.10. The molecule has 1 aromatic heterocycles. The van der Waals surface area contributed by atoms with Gasteiger partial charge in [0.1, 0.15) is 0 Å². The zero-order chi connectivity index (χ0) is 8.39. The smallest absolute Gasteiger partial charge is 0.312 e. The summed E-state index contributed by atoms with van der Waals surface area (Å²) < 4.78 is 5.07. The Labute approximate surface area is 70.3 Å². The van der Waals surface area contributed by atoms with E-state index in [1.54, 1.807) is 0 Å². The van der Waals surface area contributed by atoms with Gasteiger partial charge >= 0.3 is 6.01 Å². The second kappa shape index (κ2) is 3.10. The van der Waals surface area contributed by atoms with Gasteiger partial charge in [-0.25, -0.2) is 0 Å². The molecule has 0 aromatic carbocycles. The van der Waals surface area contributed by atoms with Crippen LogP contribution in [0.15, 0.2) is 4.42 Å². The highest BCUT2D eigenvalue weighted by molar-refractivity contribution is 5.05. The minimum Gasteiger partial charge on any atom is -0.408 e. The molecule has 0 radical (unpaired) electrons. The van der Waals surface area contributed by atoms with Crippen LogP contribution in [0.25, 0.3) is 0 Å². The fourth-order valence-electron chi connectivity index (χ4n) is 1.48. The van der Waals surface area contributed by atoms with Crippen molar-refractivity contribution in [2.24, 2.45) is 5.92 Å². The lowest BCUT2D eigenvalue weighted by Gasteiger charge is -2.01. The van der Waals surface area contributed by atoms with Crippen LogP contribution < -0.4 is 11.1 Å². The Bertz CT molecular complexity index is 254.